The third-order valence-electron chi connectivity index (χ3n) is 7.63. The van der Waals surface area contributed by atoms with Gasteiger partial charge in [-0.1, -0.05) is 49.7 Å². The Labute approximate surface area is 235 Å². The van der Waals surface area contributed by atoms with E-state index in [9.17, 15) is 0 Å². The van der Waals surface area contributed by atoms with E-state index in [2.05, 4.69) is 100 Å². The Bertz CT molecular complexity index is 1410. The predicted octanol–water partition coefficient (Wildman–Crippen LogP) is 7.19. The number of rotatable bonds is 5. The summed E-state index contributed by atoms with van der Waals surface area (Å²) in [4.78, 5) is 9.33. The molecule has 194 valence electrons. The molecule has 4 aromatic rings. The van der Waals surface area contributed by atoms with Gasteiger partial charge in [0.2, 0.25) is 0 Å². The molecule has 38 heavy (non-hydrogen) atoms. The molecule has 0 saturated carbocycles. The van der Waals surface area contributed by atoms with Crippen LogP contribution in [0.25, 0.3) is 5.69 Å². The molecular weight excluding hydrogens is 510 g/mol. The van der Waals surface area contributed by atoms with Gasteiger partial charge in [-0.15, -0.1) is 0 Å². The van der Waals surface area contributed by atoms with Gasteiger partial charge in [-0.2, -0.15) is 0 Å². The van der Waals surface area contributed by atoms with Crippen LogP contribution >= 0.6 is 23.8 Å². The number of benzene rings is 2. The molecule has 0 radical (unpaired) electrons. The number of thiocarbonyl (C=S) groups is 1. The van der Waals surface area contributed by atoms with Gasteiger partial charge in [0.25, 0.3) is 0 Å². The summed E-state index contributed by atoms with van der Waals surface area (Å²) in [5.74, 6) is 1.30. The van der Waals surface area contributed by atoms with E-state index in [0.29, 0.717) is 16.9 Å². The standard InChI is InChI=1S/C31H32ClN5S/c1-21-17-22(2)20-35(19-21)27-14-13-24(18-25(27)32)37-30(29(34-31(37)38)26-11-6-7-15-33-26)28-12-8-16-36(28)23-9-4-3-5-10-23/h3-16,18,21-22,29-30H,17,19-20H2,1-2H3,(H,34,38)/t21-,22+,29-,30-/m0/s1. The van der Waals surface area contributed by atoms with Crippen molar-refractivity contribution in [3.05, 3.63) is 108 Å². The lowest BCUT2D eigenvalue weighted by Crippen LogP contribution is -2.38. The number of hydrogen-bond donors (Lipinski definition) is 1. The van der Waals surface area contributed by atoms with Gasteiger partial charge in [-0.25, -0.2) is 0 Å². The summed E-state index contributed by atoms with van der Waals surface area (Å²) in [7, 11) is 0. The monoisotopic (exact) mass is 541 g/mol. The van der Waals surface area contributed by atoms with Gasteiger partial charge < -0.3 is 19.7 Å². The molecular formula is C31H32ClN5S. The Morgan fingerprint density at radius 2 is 1.66 bits per heavy atom. The van der Waals surface area contributed by atoms with Gasteiger partial charge in [0, 0.05) is 42.6 Å². The molecule has 0 spiro atoms. The van der Waals surface area contributed by atoms with Crippen LogP contribution in [0.4, 0.5) is 11.4 Å². The number of hydrogen-bond acceptors (Lipinski definition) is 3. The molecule has 2 aromatic carbocycles. The molecule has 4 heterocycles. The van der Waals surface area contributed by atoms with Crippen molar-refractivity contribution in [1.82, 2.24) is 14.9 Å². The van der Waals surface area contributed by atoms with Crippen LogP contribution in [0, 0.1) is 11.8 Å². The normalized spacial score (nSPS) is 23.5. The Morgan fingerprint density at radius 1 is 0.895 bits per heavy atom. The zero-order valence-corrected chi connectivity index (χ0v) is 23.2. The predicted molar refractivity (Wildman–Crippen MR) is 160 cm³/mol. The molecule has 0 aliphatic carbocycles. The Kier molecular flexibility index (Phi) is 6.85. The molecule has 2 aliphatic heterocycles. The molecule has 1 N–H and O–H groups in total. The highest BCUT2D eigenvalue weighted by Gasteiger charge is 2.42. The van der Waals surface area contributed by atoms with E-state index < -0.39 is 0 Å². The van der Waals surface area contributed by atoms with E-state index in [-0.39, 0.29) is 12.1 Å². The van der Waals surface area contributed by atoms with E-state index in [0.717, 1.165) is 46.6 Å². The number of piperidine rings is 1. The van der Waals surface area contributed by atoms with Gasteiger partial charge >= 0.3 is 0 Å². The second-order valence-electron chi connectivity index (χ2n) is 10.6. The van der Waals surface area contributed by atoms with Crippen LogP contribution in [-0.2, 0) is 0 Å². The molecule has 2 fully saturated rings. The van der Waals surface area contributed by atoms with Gasteiger partial charge in [-0.3, -0.25) is 4.98 Å². The van der Waals surface area contributed by atoms with E-state index in [1.807, 2.05) is 24.4 Å². The summed E-state index contributed by atoms with van der Waals surface area (Å²) in [6.07, 6.45) is 5.20. The van der Waals surface area contributed by atoms with E-state index in [4.69, 9.17) is 28.8 Å². The first-order chi connectivity index (χ1) is 18.5. The van der Waals surface area contributed by atoms with Crippen LogP contribution in [0.5, 0.6) is 0 Å². The van der Waals surface area contributed by atoms with Gasteiger partial charge in [0.15, 0.2) is 5.11 Å². The largest absolute Gasteiger partial charge is 0.370 e. The minimum atomic E-state index is -0.122. The maximum atomic E-state index is 6.99. The fourth-order valence-electron chi connectivity index (χ4n) is 6.15. The van der Waals surface area contributed by atoms with Crippen molar-refractivity contribution in [1.29, 1.82) is 0 Å². The lowest BCUT2D eigenvalue weighted by Gasteiger charge is -2.37. The van der Waals surface area contributed by atoms with Crippen LogP contribution in [0.1, 0.15) is 43.7 Å². The smallest absolute Gasteiger partial charge is 0.174 e. The fourth-order valence-corrected chi connectivity index (χ4v) is 6.79. The summed E-state index contributed by atoms with van der Waals surface area (Å²) in [5.41, 5.74) is 5.24. The SMILES string of the molecule is C[C@@H]1C[C@H](C)CN(c2ccc(N3C(=S)N[C@@H](c4ccccn4)[C@@H]3c3cccn3-c3ccccc3)cc2Cl)C1. The Balaban J connectivity index is 1.42. The summed E-state index contributed by atoms with van der Waals surface area (Å²) in [6.45, 7) is 6.71. The van der Waals surface area contributed by atoms with Crippen LogP contribution < -0.4 is 15.1 Å². The molecule has 5 nitrogen and oxygen atoms in total. The molecule has 4 atom stereocenters. The number of anilines is 2. The highest BCUT2D eigenvalue weighted by molar-refractivity contribution is 7.80. The highest BCUT2D eigenvalue weighted by atomic mass is 35.5. The summed E-state index contributed by atoms with van der Waals surface area (Å²) >= 11 is 13.0. The van der Waals surface area contributed by atoms with Gasteiger partial charge in [-0.05, 0) is 85.1 Å². The average molecular weight is 542 g/mol. The number of nitrogens with zero attached hydrogens (tertiary/aromatic N) is 4. The summed E-state index contributed by atoms with van der Waals surface area (Å²) in [6, 6.07) is 26.8. The molecule has 6 rings (SSSR count). The zero-order valence-electron chi connectivity index (χ0n) is 21.7. The van der Waals surface area contributed by atoms with E-state index in [1.54, 1.807) is 0 Å². The molecule has 0 amide bonds. The average Bonchev–Trinajstić information content (AvgIpc) is 3.53. The first kappa shape index (κ1) is 25.0. The van der Waals surface area contributed by atoms with Crippen molar-refractivity contribution in [3.63, 3.8) is 0 Å². The van der Waals surface area contributed by atoms with Crippen molar-refractivity contribution >= 4 is 40.3 Å². The fraction of sp³-hybridized carbons (Fsp3) is 0.290. The maximum absolute atomic E-state index is 6.99. The number of pyridine rings is 1. The van der Waals surface area contributed by atoms with E-state index >= 15 is 0 Å². The quantitative estimate of drug-likeness (QED) is 0.271. The molecule has 2 aliphatic rings. The molecule has 0 unspecified atom stereocenters. The van der Waals surface area contributed by atoms with Crippen LogP contribution in [0.3, 0.4) is 0 Å². The minimum absolute atomic E-state index is 0.121. The number of halogens is 1. The maximum Gasteiger partial charge on any atom is 0.174 e. The summed E-state index contributed by atoms with van der Waals surface area (Å²) < 4.78 is 2.23. The van der Waals surface area contributed by atoms with Crippen LogP contribution in [-0.4, -0.2) is 27.8 Å². The molecule has 2 saturated heterocycles. The van der Waals surface area contributed by atoms with Crippen molar-refractivity contribution < 1.29 is 0 Å². The number of para-hydroxylation sites is 1. The second-order valence-corrected chi connectivity index (χ2v) is 11.4. The second kappa shape index (κ2) is 10.4. The van der Waals surface area contributed by atoms with Crippen LogP contribution in [0.15, 0.2) is 91.3 Å². The number of aromatic nitrogens is 2. The first-order valence-electron chi connectivity index (χ1n) is 13.3. The third-order valence-corrected chi connectivity index (χ3v) is 8.25. The van der Waals surface area contributed by atoms with Gasteiger partial charge in [0.1, 0.15) is 6.04 Å². The number of nitrogens with one attached hydrogen (secondary N) is 1. The molecule has 2 aromatic heterocycles. The zero-order chi connectivity index (χ0) is 26.2. The molecule has 7 heteroatoms. The van der Waals surface area contributed by atoms with Crippen molar-refractivity contribution in [3.8, 4) is 5.69 Å². The van der Waals surface area contributed by atoms with Crippen molar-refractivity contribution in [2.75, 3.05) is 22.9 Å². The first-order valence-corrected chi connectivity index (χ1v) is 14.1. The van der Waals surface area contributed by atoms with Crippen molar-refractivity contribution in [2.45, 2.75) is 32.4 Å². The van der Waals surface area contributed by atoms with Gasteiger partial charge in [0.05, 0.1) is 22.4 Å². The molecule has 0 bridgehead atoms. The highest BCUT2D eigenvalue weighted by Crippen LogP contribution is 2.44. The van der Waals surface area contributed by atoms with Crippen molar-refractivity contribution in [2.24, 2.45) is 11.8 Å². The third kappa shape index (κ3) is 4.67. The lowest BCUT2D eigenvalue weighted by molar-refractivity contribution is 0.357. The van der Waals surface area contributed by atoms with E-state index in [1.165, 1.54) is 6.42 Å². The Morgan fingerprint density at radius 3 is 2.37 bits per heavy atom. The summed E-state index contributed by atoms with van der Waals surface area (Å²) in [5, 5.41) is 4.99. The lowest BCUT2D eigenvalue weighted by atomic mass is 9.91. The van der Waals surface area contributed by atoms with Crippen LogP contribution in [0.2, 0.25) is 5.02 Å². The minimum Gasteiger partial charge on any atom is -0.370 e. The topological polar surface area (TPSA) is 36.3 Å². The Hall–Kier alpha value is -3.35.